The van der Waals surface area contributed by atoms with Gasteiger partial charge in [-0.25, -0.2) is 26.4 Å². The number of sulfonamides is 1. The smallest absolute Gasteiger partial charge is 0.314 e. The Labute approximate surface area is 192 Å². The third-order valence-electron chi connectivity index (χ3n) is 6.41. The predicted octanol–water partition coefficient (Wildman–Crippen LogP) is 1.49. The molecule has 0 spiro atoms. The van der Waals surface area contributed by atoms with Crippen molar-refractivity contribution in [2.24, 2.45) is 11.7 Å². The first-order valence-electron chi connectivity index (χ1n) is 11.0. The van der Waals surface area contributed by atoms with E-state index in [1.165, 1.54) is 7.11 Å². The van der Waals surface area contributed by atoms with Crippen LogP contribution in [0.4, 0.5) is 18.0 Å². The van der Waals surface area contributed by atoms with Crippen molar-refractivity contribution >= 4 is 16.1 Å². The molecule has 0 aromatic heterocycles. The van der Waals surface area contributed by atoms with Crippen molar-refractivity contribution in [1.29, 1.82) is 0 Å². The van der Waals surface area contributed by atoms with Gasteiger partial charge >= 0.3 is 6.03 Å². The predicted molar refractivity (Wildman–Crippen MR) is 116 cm³/mol. The SMILES string of the molecule is COCCNC(=O)NCCS(=O)(=O)N1[C@@H]2CC[C@H]1C[C@H]([C@H](N)Cc1cc(F)c(F)cc1F)C2. The summed E-state index contributed by atoms with van der Waals surface area (Å²) in [5, 5.41) is 5.09. The summed E-state index contributed by atoms with van der Waals surface area (Å²) in [4.78, 5) is 11.7. The number of benzene rings is 1. The van der Waals surface area contributed by atoms with Gasteiger partial charge in [0.15, 0.2) is 11.6 Å². The van der Waals surface area contributed by atoms with Crippen molar-refractivity contribution in [1.82, 2.24) is 14.9 Å². The molecule has 33 heavy (non-hydrogen) atoms. The molecule has 2 aliphatic heterocycles. The van der Waals surface area contributed by atoms with E-state index in [-0.39, 0.29) is 42.3 Å². The number of urea groups is 1. The summed E-state index contributed by atoms with van der Waals surface area (Å²) in [6.45, 7) is 0.659. The number of rotatable bonds is 10. The molecule has 0 aliphatic carbocycles. The Kier molecular flexibility index (Phi) is 8.59. The lowest BCUT2D eigenvalue weighted by Crippen LogP contribution is -2.51. The Morgan fingerprint density at radius 2 is 1.73 bits per heavy atom. The van der Waals surface area contributed by atoms with E-state index >= 15 is 0 Å². The Morgan fingerprint density at radius 3 is 2.36 bits per heavy atom. The fourth-order valence-electron chi connectivity index (χ4n) is 4.85. The van der Waals surface area contributed by atoms with Crippen molar-refractivity contribution in [3.63, 3.8) is 0 Å². The van der Waals surface area contributed by atoms with E-state index in [9.17, 15) is 26.4 Å². The summed E-state index contributed by atoms with van der Waals surface area (Å²) in [6, 6.07) is -0.0429. The van der Waals surface area contributed by atoms with Crippen LogP contribution in [0.2, 0.25) is 0 Å². The second kappa shape index (κ2) is 11.0. The molecule has 2 saturated heterocycles. The Bertz CT molecular complexity index is 936. The molecule has 8 nitrogen and oxygen atoms in total. The number of ether oxygens (including phenoxy) is 1. The number of hydrogen-bond acceptors (Lipinski definition) is 5. The quantitative estimate of drug-likeness (QED) is 0.338. The van der Waals surface area contributed by atoms with Crippen LogP contribution in [0.15, 0.2) is 12.1 Å². The number of fused-ring (bicyclic) bond motifs is 2. The third-order valence-corrected chi connectivity index (χ3v) is 8.37. The van der Waals surface area contributed by atoms with Crippen LogP contribution >= 0.6 is 0 Å². The van der Waals surface area contributed by atoms with Gasteiger partial charge in [0.25, 0.3) is 0 Å². The highest BCUT2D eigenvalue weighted by atomic mass is 32.2. The summed E-state index contributed by atoms with van der Waals surface area (Å²) in [6.07, 6.45) is 2.50. The van der Waals surface area contributed by atoms with Gasteiger partial charge in [-0.3, -0.25) is 0 Å². The minimum atomic E-state index is -3.59. The van der Waals surface area contributed by atoms with Crippen molar-refractivity contribution in [3.8, 4) is 0 Å². The van der Waals surface area contributed by atoms with Crippen LogP contribution in [0, 0.1) is 23.4 Å². The molecule has 0 unspecified atom stereocenters. The zero-order chi connectivity index (χ0) is 24.2. The topological polar surface area (TPSA) is 114 Å². The summed E-state index contributed by atoms with van der Waals surface area (Å²) < 4.78 is 73.0. The van der Waals surface area contributed by atoms with Gasteiger partial charge in [-0.05, 0) is 49.7 Å². The molecule has 12 heteroatoms. The van der Waals surface area contributed by atoms with Crippen LogP contribution in [-0.4, -0.2) is 69.4 Å². The molecule has 0 radical (unpaired) electrons. The Morgan fingerprint density at radius 1 is 1.12 bits per heavy atom. The normalized spacial score (nSPS) is 24.0. The van der Waals surface area contributed by atoms with Crippen molar-refractivity contribution in [2.75, 3.05) is 32.6 Å². The molecule has 2 amide bonds. The monoisotopic (exact) mass is 492 g/mol. The van der Waals surface area contributed by atoms with Crippen LogP contribution in [0.5, 0.6) is 0 Å². The lowest BCUT2D eigenvalue weighted by Gasteiger charge is -2.40. The summed E-state index contributed by atoms with van der Waals surface area (Å²) in [7, 11) is -2.08. The third kappa shape index (κ3) is 6.37. The van der Waals surface area contributed by atoms with Gasteiger partial charge < -0.3 is 21.1 Å². The molecule has 2 heterocycles. The molecule has 2 fully saturated rings. The Balaban J connectivity index is 1.55. The Hall–Kier alpha value is -1.89. The number of amides is 2. The molecule has 3 rings (SSSR count). The van der Waals surface area contributed by atoms with Gasteiger partial charge in [-0.1, -0.05) is 0 Å². The van der Waals surface area contributed by atoms with Gasteiger partial charge in [0.2, 0.25) is 10.0 Å². The first kappa shape index (κ1) is 25.7. The molecule has 4 atom stereocenters. The van der Waals surface area contributed by atoms with E-state index < -0.39 is 39.5 Å². The maximum absolute atomic E-state index is 14.0. The molecular weight excluding hydrogens is 461 g/mol. The minimum absolute atomic E-state index is 0.0126. The van der Waals surface area contributed by atoms with Gasteiger partial charge in [-0.15, -0.1) is 0 Å². The van der Waals surface area contributed by atoms with E-state index in [1.54, 1.807) is 4.31 Å². The second-order valence-electron chi connectivity index (χ2n) is 8.66. The average Bonchev–Trinajstić information content (AvgIpc) is 3.03. The van der Waals surface area contributed by atoms with E-state index in [2.05, 4.69) is 10.6 Å². The highest BCUT2D eigenvalue weighted by molar-refractivity contribution is 7.89. The van der Waals surface area contributed by atoms with E-state index in [4.69, 9.17) is 10.5 Å². The molecule has 1 aromatic carbocycles. The minimum Gasteiger partial charge on any atom is -0.383 e. The van der Waals surface area contributed by atoms with Crippen molar-refractivity contribution in [2.45, 2.75) is 50.2 Å². The standard InChI is InChI=1S/C21H31F3N4O4S/c1-32-6-4-26-21(29)27-5-7-33(30,31)28-15-2-3-16(28)9-14(8-15)20(25)11-13-10-18(23)19(24)12-17(13)22/h10,12,14-16,20H,2-9,11,25H2,1H3,(H2,26,27,29)/t14-,15-,16+,20-/m1/s1. The van der Waals surface area contributed by atoms with Gasteiger partial charge in [0, 0.05) is 44.4 Å². The first-order chi connectivity index (χ1) is 15.6. The number of carbonyl (C=O) groups excluding carboxylic acids is 1. The lowest BCUT2D eigenvalue weighted by molar-refractivity contribution is 0.170. The highest BCUT2D eigenvalue weighted by Gasteiger charge is 2.47. The van der Waals surface area contributed by atoms with Gasteiger partial charge in [0.05, 0.1) is 12.4 Å². The number of methoxy groups -OCH3 is 1. The van der Waals surface area contributed by atoms with Crippen LogP contribution in [0.3, 0.4) is 0 Å². The maximum Gasteiger partial charge on any atom is 0.314 e. The molecule has 4 N–H and O–H groups in total. The lowest BCUT2D eigenvalue weighted by atomic mass is 9.83. The van der Waals surface area contributed by atoms with E-state index in [0.29, 0.717) is 44.9 Å². The van der Waals surface area contributed by atoms with E-state index in [1.807, 2.05) is 0 Å². The maximum atomic E-state index is 14.0. The molecule has 0 saturated carbocycles. The number of piperidine rings is 1. The fourth-order valence-corrected chi connectivity index (χ4v) is 6.71. The summed E-state index contributed by atoms with van der Waals surface area (Å²) in [5.41, 5.74) is 6.31. The number of halogens is 3. The largest absolute Gasteiger partial charge is 0.383 e. The first-order valence-corrected chi connectivity index (χ1v) is 12.6. The van der Waals surface area contributed by atoms with Gasteiger partial charge in [-0.2, -0.15) is 4.31 Å². The summed E-state index contributed by atoms with van der Waals surface area (Å²) in [5.74, 6) is -3.49. The van der Waals surface area contributed by atoms with Crippen molar-refractivity contribution in [3.05, 3.63) is 35.1 Å². The second-order valence-corrected chi connectivity index (χ2v) is 10.7. The zero-order valence-electron chi connectivity index (χ0n) is 18.5. The summed E-state index contributed by atoms with van der Waals surface area (Å²) >= 11 is 0. The van der Waals surface area contributed by atoms with Crippen LogP contribution in [-0.2, 0) is 21.2 Å². The van der Waals surface area contributed by atoms with Crippen LogP contribution in [0.25, 0.3) is 0 Å². The van der Waals surface area contributed by atoms with Crippen LogP contribution in [0.1, 0.15) is 31.2 Å². The number of hydrogen-bond donors (Lipinski definition) is 3. The molecule has 2 aliphatic rings. The van der Waals surface area contributed by atoms with Crippen LogP contribution < -0.4 is 16.4 Å². The molecule has 186 valence electrons. The van der Waals surface area contributed by atoms with Gasteiger partial charge in [0.1, 0.15) is 5.82 Å². The van der Waals surface area contributed by atoms with E-state index in [0.717, 1.165) is 6.07 Å². The fraction of sp³-hybridized carbons (Fsp3) is 0.667. The highest BCUT2D eigenvalue weighted by Crippen LogP contribution is 2.41. The number of nitrogens with two attached hydrogens (primary N) is 1. The van der Waals surface area contributed by atoms with Crippen molar-refractivity contribution < 1.29 is 31.1 Å². The number of carbonyl (C=O) groups is 1. The molecular formula is C21H31F3N4O4S. The number of nitrogens with zero attached hydrogens (tertiary/aromatic N) is 1. The zero-order valence-corrected chi connectivity index (χ0v) is 19.3. The number of nitrogens with one attached hydrogen (secondary N) is 2. The molecule has 1 aromatic rings. The molecule has 2 bridgehead atoms. The average molecular weight is 493 g/mol.